The molecule has 2 atom stereocenters. The van der Waals surface area contributed by atoms with E-state index >= 15 is 0 Å². The summed E-state index contributed by atoms with van der Waals surface area (Å²) in [6, 6.07) is 2.20. The van der Waals surface area contributed by atoms with Crippen LogP contribution < -0.4 is 0 Å². The van der Waals surface area contributed by atoms with Crippen molar-refractivity contribution in [2.45, 2.75) is 194 Å². The zero-order valence-corrected chi connectivity index (χ0v) is 38.9. The Morgan fingerprint density at radius 2 is 0.852 bits per heavy atom. The molecule has 0 spiro atoms. The molecule has 4 nitrogen and oxygen atoms in total. The van der Waals surface area contributed by atoms with Gasteiger partial charge >= 0.3 is 0 Å². The molecule has 0 bridgehead atoms. The number of benzene rings is 1. The second-order valence-electron chi connectivity index (χ2n) is 24.9. The second-order valence-corrected chi connectivity index (χ2v) is 24.9. The van der Waals surface area contributed by atoms with Crippen LogP contribution in [0, 0.1) is 37.9 Å². The Balaban J connectivity index is 1.87. The van der Waals surface area contributed by atoms with Crippen LogP contribution in [-0.2, 0) is 14.9 Å². The number of phenolic OH excluding ortho intramolecular Hbond substituents is 2. The average molecular weight is 751 g/mol. The predicted molar refractivity (Wildman–Crippen MR) is 232 cm³/mol. The molecule has 0 saturated carbocycles. The smallest absolute Gasteiger partial charge is 0.161 e. The van der Waals surface area contributed by atoms with Gasteiger partial charge in [0.1, 0.15) is 0 Å². The lowest BCUT2D eigenvalue weighted by Crippen LogP contribution is -2.36. The highest BCUT2D eigenvalue weighted by atomic mass is 16.5. The molecule has 54 heavy (non-hydrogen) atoms. The van der Waals surface area contributed by atoms with Crippen molar-refractivity contribution in [3.63, 3.8) is 0 Å². The van der Waals surface area contributed by atoms with Gasteiger partial charge in [0.2, 0.25) is 0 Å². The first-order valence-electron chi connectivity index (χ1n) is 21.2. The summed E-state index contributed by atoms with van der Waals surface area (Å²) in [5, 5.41) is 23.5. The second kappa shape index (κ2) is 16.2. The third-order valence-electron chi connectivity index (χ3n) is 12.2. The minimum Gasteiger partial charge on any atom is -0.504 e. The fourth-order valence-corrected chi connectivity index (χ4v) is 13.4. The Hall–Kier alpha value is -1.78. The molecule has 4 heteroatoms. The molecule has 2 N–H and O–H groups in total. The van der Waals surface area contributed by atoms with Gasteiger partial charge in [0.05, 0.1) is 26.4 Å². The van der Waals surface area contributed by atoms with Crippen molar-refractivity contribution >= 4 is 0 Å². The van der Waals surface area contributed by atoms with Crippen LogP contribution in [0.25, 0.3) is 0 Å². The molecule has 3 rings (SSSR count). The number of rotatable bonds is 16. The number of ether oxygens (including phenoxy) is 2. The summed E-state index contributed by atoms with van der Waals surface area (Å²) < 4.78 is 11.8. The van der Waals surface area contributed by atoms with Crippen LogP contribution in [0.1, 0.15) is 205 Å². The molecule has 0 aromatic heterocycles. The normalized spacial score (nSPS) is 20.2. The zero-order chi connectivity index (χ0) is 41.5. The molecule has 0 aliphatic carbocycles. The van der Waals surface area contributed by atoms with Gasteiger partial charge in [0.15, 0.2) is 11.5 Å². The molecule has 1 aromatic carbocycles. The highest BCUT2D eigenvalue weighted by molar-refractivity contribution is 5.61. The monoisotopic (exact) mass is 751 g/mol. The van der Waals surface area contributed by atoms with Crippen molar-refractivity contribution in [1.82, 2.24) is 0 Å². The van der Waals surface area contributed by atoms with Gasteiger partial charge in [-0.15, -0.1) is 0 Å². The molecule has 2 aliphatic heterocycles. The molecule has 2 aliphatic rings. The van der Waals surface area contributed by atoms with E-state index in [4.69, 9.17) is 9.47 Å². The Morgan fingerprint density at radius 3 is 1.22 bits per heavy atom. The first-order valence-corrected chi connectivity index (χ1v) is 21.2. The molecule has 2 unspecified atom stereocenters. The van der Waals surface area contributed by atoms with Crippen LogP contribution in [0.2, 0.25) is 0 Å². The van der Waals surface area contributed by atoms with Crippen molar-refractivity contribution in [2.24, 2.45) is 37.9 Å². The SMILES string of the molecule is CC1=CCOCC1c1cc(C(C)(C)CC(C)(C)CC(C)(C)CC(C)(C)CC(C)(C)CC(C)(C)CC(C)(C)CC(C)(C)C)c(C2COCC=C2C)c(O)c1O. The van der Waals surface area contributed by atoms with Crippen LogP contribution >= 0.6 is 0 Å². The summed E-state index contributed by atoms with van der Waals surface area (Å²) in [6.07, 6.45) is 12.3. The summed E-state index contributed by atoms with van der Waals surface area (Å²) in [5.41, 5.74) is 6.25. The van der Waals surface area contributed by atoms with Gasteiger partial charge in [-0.2, -0.15) is 0 Å². The van der Waals surface area contributed by atoms with E-state index in [1.807, 2.05) is 0 Å². The van der Waals surface area contributed by atoms with E-state index in [1.54, 1.807) is 0 Å². The lowest BCUT2D eigenvalue weighted by atomic mass is 9.58. The molecule has 0 fully saturated rings. The third-order valence-corrected chi connectivity index (χ3v) is 12.2. The average Bonchev–Trinajstić information content (AvgIpc) is 2.89. The van der Waals surface area contributed by atoms with E-state index in [-0.39, 0.29) is 55.8 Å². The molecule has 1 aromatic rings. The van der Waals surface area contributed by atoms with E-state index in [1.165, 1.54) is 36.8 Å². The molecule has 0 saturated heterocycles. The van der Waals surface area contributed by atoms with Crippen molar-refractivity contribution in [1.29, 1.82) is 0 Å². The van der Waals surface area contributed by atoms with E-state index in [0.29, 0.717) is 37.3 Å². The standard InChI is InChI=1S/C50H86O4/c1-34-20-22-53-25-37(34)36-24-39(40(42(52)41(36)51)38-26-54-23-21-35(38)2)50(18,19)33-49(16,17)32-48(14,15)31-47(12,13)30-46(10,11)29-45(8,9)28-44(6,7)27-43(3,4)5/h20-21,24,37-38,51-52H,22-23,25-33H2,1-19H3. The minimum atomic E-state index is -0.288. The van der Waals surface area contributed by atoms with E-state index in [0.717, 1.165) is 36.0 Å². The van der Waals surface area contributed by atoms with Crippen LogP contribution in [0.15, 0.2) is 29.4 Å². The van der Waals surface area contributed by atoms with Crippen molar-refractivity contribution in [2.75, 3.05) is 26.4 Å². The summed E-state index contributed by atoms with van der Waals surface area (Å²) in [6.45, 7) is 48.0. The van der Waals surface area contributed by atoms with Crippen LogP contribution in [-0.4, -0.2) is 36.6 Å². The molecule has 0 amide bonds. The van der Waals surface area contributed by atoms with E-state index in [9.17, 15) is 10.2 Å². The molecule has 2 heterocycles. The van der Waals surface area contributed by atoms with Crippen molar-refractivity contribution < 1.29 is 19.7 Å². The molecule has 0 radical (unpaired) electrons. The highest BCUT2D eigenvalue weighted by Crippen LogP contribution is 2.55. The lowest BCUT2D eigenvalue weighted by Gasteiger charge is -2.47. The summed E-state index contributed by atoms with van der Waals surface area (Å²) in [5.74, 6) is -0.216. The quantitative estimate of drug-likeness (QED) is 0.130. The first kappa shape index (κ1) is 46.6. The maximum atomic E-state index is 11.9. The Morgan fingerprint density at radius 1 is 0.500 bits per heavy atom. The van der Waals surface area contributed by atoms with Crippen LogP contribution in [0.3, 0.4) is 0 Å². The van der Waals surface area contributed by atoms with Gasteiger partial charge in [-0.1, -0.05) is 147 Å². The van der Waals surface area contributed by atoms with E-state index in [2.05, 4.69) is 150 Å². The first-order chi connectivity index (χ1) is 24.2. The Kier molecular flexibility index (Phi) is 14.0. The number of hydrogen-bond donors (Lipinski definition) is 2. The third kappa shape index (κ3) is 13.1. The van der Waals surface area contributed by atoms with Crippen LogP contribution in [0.5, 0.6) is 11.5 Å². The summed E-state index contributed by atoms with van der Waals surface area (Å²) in [7, 11) is 0. The lowest BCUT2D eigenvalue weighted by molar-refractivity contribution is 0.0477. The molecular formula is C50H86O4. The number of aromatic hydroxyl groups is 2. The number of phenols is 2. The van der Waals surface area contributed by atoms with Crippen LogP contribution in [0.4, 0.5) is 0 Å². The molecular weight excluding hydrogens is 665 g/mol. The topological polar surface area (TPSA) is 58.9 Å². The largest absolute Gasteiger partial charge is 0.504 e. The Labute approximate surface area is 334 Å². The fraction of sp³-hybridized carbons (Fsp3) is 0.800. The predicted octanol–water partition coefficient (Wildman–Crippen LogP) is 14.4. The van der Waals surface area contributed by atoms with Gasteiger partial charge in [-0.25, -0.2) is 0 Å². The summed E-state index contributed by atoms with van der Waals surface area (Å²) >= 11 is 0. The minimum absolute atomic E-state index is 0.000594. The fourth-order valence-electron chi connectivity index (χ4n) is 13.4. The van der Waals surface area contributed by atoms with Gasteiger partial charge in [0.25, 0.3) is 0 Å². The van der Waals surface area contributed by atoms with E-state index < -0.39 is 0 Å². The van der Waals surface area contributed by atoms with Gasteiger partial charge < -0.3 is 19.7 Å². The van der Waals surface area contributed by atoms with Gasteiger partial charge in [-0.05, 0) is 108 Å². The maximum Gasteiger partial charge on any atom is 0.161 e. The Bertz CT molecular complexity index is 1500. The summed E-state index contributed by atoms with van der Waals surface area (Å²) in [4.78, 5) is 0. The maximum absolute atomic E-state index is 11.9. The molecule has 310 valence electrons. The zero-order valence-electron chi connectivity index (χ0n) is 38.9. The van der Waals surface area contributed by atoms with Crippen molar-refractivity contribution in [3.05, 3.63) is 46.1 Å². The number of hydrogen-bond acceptors (Lipinski definition) is 4. The highest BCUT2D eigenvalue weighted by Gasteiger charge is 2.43. The van der Waals surface area contributed by atoms with Gasteiger partial charge in [-0.3, -0.25) is 0 Å². The van der Waals surface area contributed by atoms with Crippen molar-refractivity contribution in [3.8, 4) is 11.5 Å². The van der Waals surface area contributed by atoms with Gasteiger partial charge in [0, 0.05) is 23.0 Å².